The Morgan fingerprint density at radius 2 is 1.81 bits per heavy atom. The van der Waals surface area contributed by atoms with Crippen LogP contribution < -0.4 is 20.1 Å². The average Bonchev–Trinajstić information content (AvgIpc) is 2.62. The van der Waals surface area contributed by atoms with Crippen molar-refractivity contribution in [1.82, 2.24) is 5.32 Å². The van der Waals surface area contributed by atoms with E-state index in [9.17, 15) is 4.79 Å². The molecule has 140 valence electrons. The number of methoxy groups -OCH3 is 2. The Bertz CT molecular complexity index is 757. The van der Waals surface area contributed by atoms with Gasteiger partial charge in [0.25, 0.3) is 0 Å². The van der Waals surface area contributed by atoms with Crippen molar-refractivity contribution in [3.63, 3.8) is 0 Å². The van der Waals surface area contributed by atoms with Gasteiger partial charge in [0.15, 0.2) is 11.5 Å². The van der Waals surface area contributed by atoms with Crippen LogP contribution in [0.4, 0.5) is 10.5 Å². The smallest absolute Gasteiger partial charge is 0.319 e. The van der Waals surface area contributed by atoms with Crippen molar-refractivity contribution in [2.24, 2.45) is 0 Å². The molecule has 0 heterocycles. The first-order valence-corrected chi connectivity index (χ1v) is 8.82. The molecule has 2 aromatic rings. The lowest BCUT2D eigenvalue weighted by atomic mass is 9.98. The lowest BCUT2D eigenvalue weighted by Crippen LogP contribution is -2.31. The highest BCUT2D eigenvalue weighted by atomic mass is 16.5. The molecule has 0 aromatic heterocycles. The molecule has 5 nitrogen and oxygen atoms in total. The number of carbonyl (C=O) groups is 1. The summed E-state index contributed by atoms with van der Waals surface area (Å²) in [4.78, 5) is 12.3. The average molecular weight is 356 g/mol. The zero-order valence-corrected chi connectivity index (χ0v) is 16.2. The van der Waals surface area contributed by atoms with Crippen LogP contribution in [0.2, 0.25) is 0 Å². The van der Waals surface area contributed by atoms with Gasteiger partial charge in [-0.2, -0.15) is 0 Å². The van der Waals surface area contributed by atoms with E-state index in [0.29, 0.717) is 30.4 Å². The Balaban J connectivity index is 1.99. The third kappa shape index (κ3) is 4.69. The van der Waals surface area contributed by atoms with E-state index in [4.69, 9.17) is 9.47 Å². The molecular formula is C21H28N2O3. The zero-order chi connectivity index (χ0) is 19.1. The molecule has 0 saturated carbocycles. The molecule has 0 aliphatic rings. The second-order valence-electron chi connectivity index (χ2n) is 6.48. The minimum absolute atomic E-state index is 0.205. The summed E-state index contributed by atoms with van der Waals surface area (Å²) < 4.78 is 10.7. The van der Waals surface area contributed by atoms with Gasteiger partial charge in [-0.25, -0.2) is 4.79 Å². The van der Waals surface area contributed by atoms with Gasteiger partial charge in [-0.05, 0) is 42.0 Å². The molecule has 2 aromatic carbocycles. The van der Waals surface area contributed by atoms with Crippen LogP contribution in [0, 0.1) is 6.92 Å². The van der Waals surface area contributed by atoms with E-state index in [1.807, 2.05) is 43.3 Å². The molecular weight excluding hydrogens is 328 g/mol. The molecule has 5 heteroatoms. The molecule has 0 aliphatic carbocycles. The number of hydrogen-bond donors (Lipinski definition) is 2. The number of amides is 2. The van der Waals surface area contributed by atoms with Crippen LogP contribution in [0.25, 0.3) is 0 Å². The van der Waals surface area contributed by atoms with E-state index in [0.717, 1.165) is 22.4 Å². The van der Waals surface area contributed by atoms with Crippen LogP contribution in [0.3, 0.4) is 0 Å². The fourth-order valence-corrected chi connectivity index (χ4v) is 2.96. The normalized spacial score (nSPS) is 10.5. The molecule has 0 unspecified atom stereocenters. The SMILES string of the molecule is COc1cccc(CCNC(=O)Nc2c(C)cccc2C(C)C)c1OC. The zero-order valence-electron chi connectivity index (χ0n) is 16.2. The fraction of sp³-hybridized carbons (Fsp3) is 0.381. The summed E-state index contributed by atoms with van der Waals surface area (Å²) in [7, 11) is 3.23. The maximum Gasteiger partial charge on any atom is 0.319 e. The summed E-state index contributed by atoms with van der Waals surface area (Å²) in [6.45, 7) is 6.74. The molecule has 0 aliphatic heterocycles. The number of ether oxygens (including phenoxy) is 2. The first kappa shape index (κ1) is 19.6. The van der Waals surface area contributed by atoms with Crippen molar-refractivity contribution in [2.45, 2.75) is 33.1 Å². The Morgan fingerprint density at radius 1 is 1.08 bits per heavy atom. The number of carbonyl (C=O) groups excluding carboxylic acids is 1. The van der Waals surface area contributed by atoms with Gasteiger partial charge in [0, 0.05) is 12.2 Å². The standard InChI is InChI=1S/C21H28N2O3/c1-14(2)17-10-6-8-15(3)19(17)23-21(24)22-13-12-16-9-7-11-18(25-4)20(16)26-5/h6-11,14H,12-13H2,1-5H3,(H2,22,23,24). The lowest BCUT2D eigenvalue weighted by molar-refractivity contribution is 0.252. The van der Waals surface area contributed by atoms with Gasteiger partial charge < -0.3 is 20.1 Å². The summed E-state index contributed by atoms with van der Waals surface area (Å²) in [5, 5.41) is 5.91. The Hall–Kier alpha value is -2.69. The van der Waals surface area contributed by atoms with Crippen LogP contribution in [0.15, 0.2) is 36.4 Å². The van der Waals surface area contributed by atoms with Crippen LogP contribution in [0.1, 0.15) is 36.5 Å². The number of para-hydroxylation sites is 2. The first-order valence-electron chi connectivity index (χ1n) is 8.82. The van der Waals surface area contributed by atoms with Gasteiger partial charge in [0.05, 0.1) is 14.2 Å². The summed E-state index contributed by atoms with van der Waals surface area (Å²) in [5.41, 5.74) is 4.07. The first-order chi connectivity index (χ1) is 12.5. The number of urea groups is 1. The number of hydrogen-bond acceptors (Lipinski definition) is 3. The summed E-state index contributed by atoms with van der Waals surface area (Å²) in [6, 6.07) is 11.6. The number of benzene rings is 2. The van der Waals surface area contributed by atoms with Gasteiger partial charge in [0.2, 0.25) is 0 Å². The summed E-state index contributed by atoms with van der Waals surface area (Å²) in [6.07, 6.45) is 0.651. The highest BCUT2D eigenvalue weighted by Crippen LogP contribution is 2.31. The van der Waals surface area contributed by atoms with Crippen LogP contribution in [-0.4, -0.2) is 26.8 Å². The van der Waals surface area contributed by atoms with Crippen LogP contribution in [0.5, 0.6) is 11.5 Å². The molecule has 0 bridgehead atoms. The minimum atomic E-state index is -0.205. The van der Waals surface area contributed by atoms with Crippen LogP contribution in [-0.2, 0) is 6.42 Å². The largest absolute Gasteiger partial charge is 0.493 e. The van der Waals surface area contributed by atoms with Gasteiger partial charge >= 0.3 is 6.03 Å². The van der Waals surface area contributed by atoms with Crippen molar-refractivity contribution in [3.05, 3.63) is 53.1 Å². The molecule has 2 rings (SSSR count). The number of rotatable bonds is 7. The van der Waals surface area contributed by atoms with Gasteiger partial charge in [-0.3, -0.25) is 0 Å². The molecule has 2 N–H and O–H groups in total. The summed E-state index contributed by atoms with van der Waals surface area (Å²) >= 11 is 0. The maximum absolute atomic E-state index is 12.3. The third-order valence-corrected chi connectivity index (χ3v) is 4.33. The van der Waals surface area contributed by atoms with E-state index in [2.05, 4.69) is 24.5 Å². The molecule has 2 amide bonds. The molecule has 0 radical (unpaired) electrons. The van der Waals surface area contributed by atoms with E-state index >= 15 is 0 Å². The quantitative estimate of drug-likeness (QED) is 0.768. The Labute approximate surface area is 155 Å². The van der Waals surface area contributed by atoms with Crippen LogP contribution >= 0.6 is 0 Å². The van der Waals surface area contributed by atoms with E-state index in [1.165, 1.54) is 0 Å². The number of anilines is 1. The van der Waals surface area contributed by atoms with Crippen molar-refractivity contribution >= 4 is 11.7 Å². The molecule has 26 heavy (non-hydrogen) atoms. The van der Waals surface area contributed by atoms with E-state index in [-0.39, 0.29) is 6.03 Å². The fourth-order valence-electron chi connectivity index (χ4n) is 2.96. The predicted octanol–water partition coefficient (Wildman–Crippen LogP) is 4.50. The maximum atomic E-state index is 12.3. The van der Waals surface area contributed by atoms with Crippen molar-refractivity contribution in [2.75, 3.05) is 26.1 Å². The molecule has 0 fully saturated rings. The van der Waals surface area contributed by atoms with Crippen molar-refractivity contribution in [1.29, 1.82) is 0 Å². The van der Waals surface area contributed by atoms with Gasteiger partial charge in [-0.1, -0.05) is 44.2 Å². The lowest BCUT2D eigenvalue weighted by Gasteiger charge is -2.17. The number of aryl methyl sites for hydroxylation is 1. The van der Waals surface area contributed by atoms with E-state index < -0.39 is 0 Å². The van der Waals surface area contributed by atoms with Crippen molar-refractivity contribution in [3.8, 4) is 11.5 Å². The Kier molecular flexibility index (Phi) is 6.89. The minimum Gasteiger partial charge on any atom is -0.493 e. The molecule has 0 spiro atoms. The van der Waals surface area contributed by atoms with Gasteiger partial charge in [-0.15, -0.1) is 0 Å². The monoisotopic (exact) mass is 356 g/mol. The summed E-state index contributed by atoms with van der Waals surface area (Å²) in [5.74, 6) is 1.74. The van der Waals surface area contributed by atoms with Crippen molar-refractivity contribution < 1.29 is 14.3 Å². The van der Waals surface area contributed by atoms with Gasteiger partial charge in [0.1, 0.15) is 0 Å². The topological polar surface area (TPSA) is 59.6 Å². The molecule has 0 saturated heterocycles. The second kappa shape index (κ2) is 9.13. The highest BCUT2D eigenvalue weighted by Gasteiger charge is 2.13. The number of nitrogens with one attached hydrogen (secondary N) is 2. The Morgan fingerprint density at radius 3 is 2.46 bits per heavy atom. The predicted molar refractivity (Wildman–Crippen MR) is 106 cm³/mol. The highest BCUT2D eigenvalue weighted by molar-refractivity contribution is 5.91. The van der Waals surface area contributed by atoms with E-state index in [1.54, 1.807) is 14.2 Å². The molecule has 0 atom stereocenters. The second-order valence-corrected chi connectivity index (χ2v) is 6.48. The third-order valence-electron chi connectivity index (χ3n) is 4.33.